The van der Waals surface area contributed by atoms with Gasteiger partial charge in [-0.3, -0.25) is 10.1 Å². The van der Waals surface area contributed by atoms with Gasteiger partial charge in [0.1, 0.15) is 5.69 Å². The summed E-state index contributed by atoms with van der Waals surface area (Å²) in [4.78, 5) is 10.7. The van der Waals surface area contributed by atoms with Crippen molar-refractivity contribution in [1.82, 2.24) is 0 Å². The van der Waals surface area contributed by atoms with Crippen molar-refractivity contribution in [3.8, 4) is 5.75 Å². The Morgan fingerprint density at radius 1 is 1.47 bits per heavy atom. The van der Waals surface area contributed by atoms with E-state index in [0.717, 1.165) is 6.54 Å². The largest absolute Gasteiger partial charge is 0.490 e. The van der Waals surface area contributed by atoms with E-state index in [-0.39, 0.29) is 5.69 Å². The highest BCUT2D eigenvalue weighted by Gasteiger charge is 2.21. The molecule has 0 bridgehead atoms. The summed E-state index contributed by atoms with van der Waals surface area (Å²) in [5.41, 5.74) is 0.567. The highest BCUT2D eigenvalue weighted by molar-refractivity contribution is 7.99. The maximum absolute atomic E-state index is 11.1. The first-order valence-corrected chi connectivity index (χ1v) is 7.51. The molecule has 0 atom stereocenters. The minimum absolute atomic E-state index is 0.0233. The van der Waals surface area contributed by atoms with Gasteiger partial charge in [0, 0.05) is 6.54 Å². The van der Waals surface area contributed by atoms with E-state index in [1.807, 2.05) is 11.8 Å². The van der Waals surface area contributed by atoms with Crippen molar-refractivity contribution in [1.29, 1.82) is 0 Å². The fraction of sp³-hybridized carbons (Fsp3) is 0.538. The van der Waals surface area contributed by atoms with Crippen LogP contribution in [-0.2, 0) is 0 Å². The van der Waals surface area contributed by atoms with E-state index in [4.69, 9.17) is 4.74 Å². The fourth-order valence-corrected chi connectivity index (χ4v) is 3.43. The number of nitro groups is 1. The quantitative estimate of drug-likeness (QED) is 0.664. The third-order valence-corrected chi connectivity index (χ3v) is 4.37. The SMILES string of the molecule is COc1cccc(NCC2CCSCC2)c1[N+](=O)[O-]. The average molecular weight is 282 g/mol. The highest BCUT2D eigenvalue weighted by atomic mass is 32.2. The summed E-state index contributed by atoms with van der Waals surface area (Å²) in [7, 11) is 1.45. The number of nitrogens with one attached hydrogen (secondary N) is 1. The van der Waals surface area contributed by atoms with Gasteiger partial charge in [0.2, 0.25) is 0 Å². The molecule has 0 aliphatic carbocycles. The second kappa shape index (κ2) is 6.65. The highest BCUT2D eigenvalue weighted by Crippen LogP contribution is 2.35. The van der Waals surface area contributed by atoms with E-state index in [9.17, 15) is 10.1 Å². The van der Waals surface area contributed by atoms with Crippen LogP contribution in [0.4, 0.5) is 11.4 Å². The lowest BCUT2D eigenvalue weighted by Crippen LogP contribution is -2.19. The number of nitro benzene ring substituents is 1. The Balaban J connectivity index is 2.08. The number of thioether (sulfide) groups is 1. The lowest BCUT2D eigenvalue weighted by atomic mass is 10.0. The van der Waals surface area contributed by atoms with Gasteiger partial charge in [-0.15, -0.1) is 0 Å². The number of ether oxygens (including phenoxy) is 1. The Morgan fingerprint density at radius 3 is 2.84 bits per heavy atom. The molecule has 2 rings (SSSR count). The van der Waals surface area contributed by atoms with Crippen LogP contribution in [0.1, 0.15) is 12.8 Å². The summed E-state index contributed by atoms with van der Waals surface area (Å²) in [6.07, 6.45) is 2.35. The molecule has 6 heteroatoms. The minimum atomic E-state index is -0.391. The van der Waals surface area contributed by atoms with Crippen LogP contribution in [-0.4, -0.2) is 30.1 Å². The summed E-state index contributed by atoms with van der Waals surface area (Å²) in [5.74, 6) is 3.28. The van der Waals surface area contributed by atoms with Gasteiger partial charge < -0.3 is 10.1 Å². The number of para-hydroxylation sites is 1. The van der Waals surface area contributed by atoms with Crippen molar-refractivity contribution in [2.75, 3.05) is 30.5 Å². The lowest BCUT2D eigenvalue weighted by Gasteiger charge is -2.22. The smallest absolute Gasteiger partial charge is 0.333 e. The summed E-state index contributed by atoms with van der Waals surface area (Å²) >= 11 is 1.98. The molecule has 1 aliphatic heterocycles. The number of hydrogen-bond acceptors (Lipinski definition) is 5. The van der Waals surface area contributed by atoms with E-state index in [0.29, 0.717) is 17.4 Å². The molecule has 1 fully saturated rings. The zero-order chi connectivity index (χ0) is 13.7. The predicted octanol–water partition coefficient (Wildman–Crippen LogP) is 3.16. The van der Waals surface area contributed by atoms with E-state index in [1.165, 1.54) is 31.5 Å². The predicted molar refractivity (Wildman–Crippen MR) is 78.2 cm³/mol. The van der Waals surface area contributed by atoms with Crippen LogP contribution >= 0.6 is 11.8 Å². The summed E-state index contributed by atoms with van der Waals surface area (Å²) in [6.45, 7) is 0.786. The van der Waals surface area contributed by atoms with Crippen molar-refractivity contribution in [3.63, 3.8) is 0 Å². The molecule has 0 spiro atoms. The maximum atomic E-state index is 11.1. The Kier molecular flexibility index (Phi) is 4.90. The van der Waals surface area contributed by atoms with Crippen molar-refractivity contribution >= 4 is 23.1 Å². The first-order chi connectivity index (χ1) is 9.22. The number of benzene rings is 1. The maximum Gasteiger partial charge on any atom is 0.333 e. The molecular formula is C13H18N2O3S. The van der Waals surface area contributed by atoms with Gasteiger partial charge >= 0.3 is 5.69 Å². The normalized spacial score (nSPS) is 16.1. The van der Waals surface area contributed by atoms with Crippen molar-refractivity contribution < 1.29 is 9.66 Å². The molecule has 1 heterocycles. The molecule has 0 aromatic heterocycles. The topological polar surface area (TPSA) is 64.4 Å². The van der Waals surface area contributed by atoms with E-state index < -0.39 is 4.92 Å². The molecule has 104 valence electrons. The second-order valence-corrected chi connectivity index (χ2v) is 5.77. The molecule has 5 nitrogen and oxygen atoms in total. The minimum Gasteiger partial charge on any atom is -0.490 e. The number of rotatable bonds is 5. The molecule has 1 saturated heterocycles. The molecule has 19 heavy (non-hydrogen) atoms. The monoisotopic (exact) mass is 282 g/mol. The zero-order valence-corrected chi connectivity index (χ0v) is 11.7. The lowest BCUT2D eigenvalue weighted by molar-refractivity contribution is -0.384. The third kappa shape index (κ3) is 3.53. The van der Waals surface area contributed by atoms with Gasteiger partial charge in [-0.1, -0.05) is 6.07 Å². The molecule has 1 N–H and O–H groups in total. The number of methoxy groups -OCH3 is 1. The van der Waals surface area contributed by atoms with Gasteiger partial charge in [0.15, 0.2) is 5.75 Å². The first kappa shape index (κ1) is 14.0. The molecule has 0 unspecified atom stereocenters. The van der Waals surface area contributed by atoms with Gasteiger partial charge in [-0.05, 0) is 42.4 Å². The van der Waals surface area contributed by atoms with Crippen LogP contribution in [0.5, 0.6) is 5.75 Å². The van der Waals surface area contributed by atoms with Crippen molar-refractivity contribution in [2.24, 2.45) is 5.92 Å². The summed E-state index contributed by atoms with van der Waals surface area (Å²) in [6, 6.07) is 5.11. The Labute approximate surface area is 116 Å². The van der Waals surface area contributed by atoms with E-state index in [2.05, 4.69) is 5.32 Å². The summed E-state index contributed by atoms with van der Waals surface area (Å²) in [5, 5.41) is 14.3. The van der Waals surface area contributed by atoms with Crippen LogP contribution < -0.4 is 10.1 Å². The molecule has 1 aromatic carbocycles. The molecule has 0 saturated carbocycles. The Bertz CT molecular complexity index is 448. The van der Waals surface area contributed by atoms with Crippen LogP contribution in [0.3, 0.4) is 0 Å². The van der Waals surface area contributed by atoms with E-state index >= 15 is 0 Å². The third-order valence-electron chi connectivity index (χ3n) is 3.32. The number of nitrogens with zero attached hydrogens (tertiary/aromatic N) is 1. The van der Waals surface area contributed by atoms with Crippen molar-refractivity contribution in [2.45, 2.75) is 12.8 Å². The summed E-state index contributed by atoms with van der Waals surface area (Å²) < 4.78 is 5.05. The fourth-order valence-electron chi connectivity index (χ4n) is 2.22. The Hall–Kier alpha value is -1.43. The second-order valence-electron chi connectivity index (χ2n) is 4.55. The molecular weight excluding hydrogens is 264 g/mol. The van der Waals surface area contributed by atoms with Crippen LogP contribution in [0.15, 0.2) is 18.2 Å². The van der Waals surface area contributed by atoms with Gasteiger partial charge in [-0.25, -0.2) is 0 Å². The van der Waals surface area contributed by atoms with Crippen LogP contribution in [0.2, 0.25) is 0 Å². The number of hydrogen-bond donors (Lipinski definition) is 1. The van der Waals surface area contributed by atoms with Crippen molar-refractivity contribution in [3.05, 3.63) is 28.3 Å². The van der Waals surface area contributed by atoms with Gasteiger partial charge in [0.05, 0.1) is 12.0 Å². The molecule has 0 amide bonds. The van der Waals surface area contributed by atoms with Gasteiger partial charge in [0.25, 0.3) is 0 Å². The van der Waals surface area contributed by atoms with Crippen LogP contribution in [0.25, 0.3) is 0 Å². The first-order valence-electron chi connectivity index (χ1n) is 6.35. The Morgan fingerprint density at radius 2 is 2.21 bits per heavy atom. The van der Waals surface area contributed by atoms with E-state index in [1.54, 1.807) is 18.2 Å². The molecule has 1 aliphatic rings. The van der Waals surface area contributed by atoms with Gasteiger partial charge in [-0.2, -0.15) is 11.8 Å². The zero-order valence-electron chi connectivity index (χ0n) is 10.9. The number of anilines is 1. The standard InChI is InChI=1S/C13H18N2O3S/c1-18-12-4-2-3-11(13(12)15(16)17)14-9-10-5-7-19-8-6-10/h2-4,10,14H,5-9H2,1H3. The molecule has 1 aromatic rings. The average Bonchev–Trinajstić information content (AvgIpc) is 2.45. The molecule has 0 radical (unpaired) electrons. The van der Waals surface area contributed by atoms with Crippen LogP contribution in [0, 0.1) is 16.0 Å².